The van der Waals surface area contributed by atoms with E-state index in [-0.39, 0.29) is 5.91 Å². The van der Waals surface area contributed by atoms with Crippen LogP contribution < -0.4 is 10.2 Å². The van der Waals surface area contributed by atoms with Crippen LogP contribution in [0.1, 0.15) is 27.4 Å². The number of pyridine rings is 2. The van der Waals surface area contributed by atoms with E-state index in [9.17, 15) is 4.79 Å². The molecule has 8 heteroatoms. The molecule has 0 atom stereocenters. The molecular weight excluding hydrogens is 362 g/mol. The number of aryl methyl sites for hydroxylation is 3. The van der Waals surface area contributed by atoms with Crippen LogP contribution in [0.15, 0.2) is 18.3 Å². The highest BCUT2D eigenvalue weighted by molar-refractivity contribution is 7.12. The van der Waals surface area contributed by atoms with Gasteiger partial charge in [-0.15, -0.1) is 0 Å². The van der Waals surface area contributed by atoms with Gasteiger partial charge in [-0.25, -0.2) is 4.98 Å². The number of aromatic nitrogens is 3. The number of amides is 1. The third-order valence-corrected chi connectivity index (χ3v) is 5.53. The largest absolute Gasteiger partial charge is 0.378 e. The molecule has 1 fully saturated rings. The van der Waals surface area contributed by atoms with Crippen molar-refractivity contribution < 1.29 is 9.53 Å². The summed E-state index contributed by atoms with van der Waals surface area (Å²) in [5.41, 5.74) is 4.85. The van der Waals surface area contributed by atoms with Gasteiger partial charge in [-0.2, -0.15) is 4.37 Å². The van der Waals surface area contributed by atoms with Gasteiger partial charge in [0.1, 0.15) is 4.83 Å². The summed E-state index contributed by atoms with van der Waals surface area (Å²) in [4.78, 5) is 24.9. The molecule has 1 aliphatic rings. The fourth-order valence-electron chi connectivity index (χ4n) is 3.27. The molecule has 0 spiro atoms. The summed E-state index contributed by atoms with van der Waals surface area (Å²) in [6.45, 7) is 8.75. The van der Waals surface area contributed by atoms with Crippen molar-refractivity contribution in [2.45, 2.75) is 20.8 Å². The highest BCUT2D eigenvalue weighted by Crippen LogP contribution is 2.31. The first-order valence-corrected chi connectivity index (χ1v) is 9.64. The van der Waals surface area contributed by atoms with Crippen molar-refractivity contribution in [3.05, 3.63) is 41.0 Å². The first kappa shape index (κ1) is 17.8. The molecule has 0 unspecified atom stereocenters. The lowest BCUT2D eigenvalue weighted by atomic mass is 10.1. The summed E-state index contributed by atoms with van der Waals surface area (Å²) >= 11 is 1.34. The Labute approximate surface area is 161 Å². The van der Waals surface area contributed by atoms with Crippen LogP contribution in [0.5, 0.6) is 0 Å². The molecule has 140 valence electrons. The molecule has 1 saturated heterocycles. The summed E-state index contributed by atoms with van der Waals surface area (Å²) < 4.78 is 9.76. The molecule has 7 nitrogen and oxygen atoms in total. The molecule has 3 aromatic heterocycles. The predicted octanol–water partition coefficient (Wildman–Crippen LogP) is 3.10. The number of carbonyl (C=O) groups is 1. The van der Waals surface area contributed by atoms with Crippen molar-refractivity contribution in [2.24, 2.45) is 0 Å². The average molecular weight is 383 g/mol. The second-order valence-corrected chi connectivity index (χ2v) is 7.39. The Balaban J connectivity index is 1.68. The first-order chi connectivity index (χ1) is 13.0. The van der Waals surface area contributed by atoms with Crippen LogP contribution in [-0.4, -0.2) is 46.6 Å². The molecule has 4 rings (SSSR count). The maximum absolute atomic E-state index is 12.9. The van der Waals surface area contributed by atoms with Crippen molar-refractivity contribution >= 4 is 39.0 Å². The van der Waals surface area contributed by atoms with E-state index in [1.807, 2.05) is 32.9 Å². The van der Waals surface area contributed by atoms with Crippen molar-refractivity contribution in [1.82, 2.24) is 14.3 Å². The van der Waals surface area contributed by atoms with Crippen LogP contribution >= 0.6 is 11.5 Å². The van der Waals surface area contributed by atoms with Crippen LogP contribution in [0.2, 0.25) is 0 Å². The third kappa shape index (κ3) is 3.50. The fourth-order valence-corrected chi connectivity index (χ4v) is 4.00. The monoisotopic (exact) mass is 383 g/mol. The zero-order valence-corrected chi connectivity index (χ0v) is 16.4. The van der Waals surface area contributed by atoms with Gasteiger partial charge in [0.2, 0.25) is 0 Å². The van der Waals surface area contributed by atoms with E-state index in [0.29, 0.717) is 18.8 Å². The Hall–Kier alpha value is -2.58. The van der Waals surface area contributed by atoms with Crippen molar-refractivity contribution in [3.8, 4) is 0 Å². The predicted molar refractivity (Wildman–Crippen MR) is 107 cm³/mol. The minimum atomic E-state index is -0.196. The molecule has 0 aromatic carbocycles. The molecule has 1 N–H and O–H groups in total. The van der Waals surface area contributed by atoms with Gasteiger partial charge in [0.15, 0.2) is 0 Å². The molecule has 0 saturated carbocycles. The van der Waals surface area contributed by atoms with Crippen molar-refractivity contribution in [2.75, 3.05) is 36.5 Å². The van der Waals surface area contributed by atoms with Crippen molar-refractivity contribution in [1.29, 1.82) is 0 Å². The molecular formula is C19H21N5O2S. The second kappa shape index (κ2) is 7.21. The maximum Gasteiger partial charge on any atom is 0.257 e. The number of rotatable bonds is 3. The lowest BCUT2D eigenvalue weighted by molar-refractivity contribution is 0.102. The van der Waals surface area contributed by atoms with Gasteiger partial charge in [-0.05, 0) is 44.4 Å². The minimum absolute atomic E-state index is 0.196. The summed E-state index contributed by atoms with van der Waals surface area (Å²) in [6.07, 6.45) is 1.60. The summed E-state index contributed by atoms with van der Waals surface area (Å²) in [6, 6.07) is 3.87. The minimum Gasteiger partial charge on any atom is -0.378 e. The Kier molecular flexibility index (Phi) is 4.75. The van der Waals surface area contributed by atoms with E-state index < -0.39 is 0 Å². The Bertz CT molecular complexity index is 1010. The maximum atomic E-state index is 12.9. The van der Waals surface area contributed by atoms with Crippen LogP contribution in [0.25, 0.3) is 10.2 Å². The summed E-state index contributed by atoms with van der Waals surface area (Å²) in [5.74, 6) is -0.196. The van der Waals surface area contributed by atoms with Gasteiger partial charge in [0.25, 0.3) is 5.91 Å². The molecule has 3 aromatic rings. The number of anilines is 2. The summed E-state index contributed by atoms with van der Waals surface area (Å²) in [5, 5.41) is 3.97. The number of morpholine rings is 1. The van der Waals surface area contributed by atoms with Crippen LogP contribution in [-0.2, 0) is 4.74 Å². The van der Waals surface area contributed by atoms with Gasteiger partial charge < -0.3 is 15.0 Å². The smallest absolute Gasteiger partial charge is 0.257 e. The Morgan fingerprint density at radius 1 is 1.19 bits per heavy atom. The fraction of sp³-hybridized carbons (Fsp3) is 0.368. The highest BCUT2D eigenvalue weighted by Gasteiger charge is 2.20. The molecule has 0 aliphatic carbocycles. The Morgan fingerprint density at radius 3 is 2.74 bits per heavy atom. The topological polar surface area (TPSA) is 80.2 Å². The normalized spacial score (nSPS) is 14.6. The van der Waals surface area contributed by atoms with Gasteiger partial charge in [0.05, 0.1) is 41.5 Å². The van der Waals surface area contributed by atoms with E-state index in [2.05, 4.69) is 24.6 Å². The van der Waals surface area contributed by atoms with Gasteiger partial charge in [-0.1, -0.05) is 0 Å². The van der Waals surface area contributed by atoms with E-state index in [1.165, 1.54) is 11.5 Å². The molecule has 1 aliphatic heterocycles. The van der Waals surface area contributed by atoms with Gasteiger partial charge in [0, 0.05) is 30.4 Å². The number of ether oxygens (including phenoxy) is 1. The molecule has 27 heavy (non-hydrogen) atoms. The zero-order valence-electron chi connectivity index (χ0n) is 15.6. The van der Waals surface area contributed by atoms with E-state index >= 15 is 0 Å². The number of hydrogen-bond acceptors (Lipinski definition) is 7. The van der Waals surface area contributed by atoms with Crippen LogP contribution in [0.4, 0.5) is 11.4 Å². The highest BCUT2D eigenvalue weighted by atomic mass is 32.1. The standard InChI is InChI=1S/C19H21N5O2S/c1-11-8-16(24-4-6-26-7-5-24)17(13(3)21-11)22-18(25)14-9-15-12(2)23-27-19(15)20-10-14/h8-10H,4-7H2,1-3H3,(H,22,25). The lowest BCUT2D eigenvalue weighted by Crippen LogP contribution is -2.37. The van der Waals surface area contributed by atoms with E-state index in [4.69, 9.17) is 4.74 Å². The lowest BCUT2D eigenvalue weighted by Gasteiger charge is -2.31. The SMILES string of the molecule is Cc1cc(N2CCOCC2)c(NC(=O)c2cnc3snc(C)c3c2)c(C)n1. The number of nitrogens with zero attached hydrogens (tertiary/aromatic N) is 4. The summed E-state index contributed by atoms with van der Waals surface area (Å²) in [7, 11) is 0. The molecule has 1 amide bonds. The van der Waals surface area contributed by atoms with E-state index in [1.54, 1.807) is 6.20 Å². The number of nitrogens with one attached hydrogen (secondary N) is 1. The molecule has 0 radical (unpaired) electrons. The van der Waals surface area contributed by atoms with Crippen molar-refractivity contribution in [3.63, 3.8) is 0 Å². The van der Waals surface area contributed by atoms with Crippen LogP contribution in [0, 0.1) is 20.8 Å². The van der Waals surface area contributed by atoms with Gasteiger partial charge >= 0.3 is 0 Å². The van der Waals surface area contributed by atoms with E-state index in [0.717, 1.165) is 51.8 Å². The quantitative estimate of drug-likeness (QED) is 0.749. The average Bonchev–Trinajstić information content (AvgIpc) is 3.04. The molecule has 4 heterocycles. The zero-order chi connectivity index (χ0) is 19.0. The molecule has 0 bridgehead atoms. The first-order valence-electron chi connectivity index (χ1n) is 8.87. The third-order valence-electron chi connectivity index (χ3n) is 4.67. The number of hydrogen-bond donors (Lipinski definition) is 1. The Morgan fingerprint density at radius 2 is 1.96 bits per heavy atom. The number of carbonyl (C=O) groups excluding carboxylic acids is 1. The number of fused-ring (bicyclic) bond motifs is 1. The van der Waals surface area contributed by atoms with Gasteiger partial charge in [-0.3, -0.25) is 9.78 Å². The second-order valence-electron chi connectivity index (χ2n) is 6.64. The van der Waals surface area contributed by atoms with Crippen LogP contribution in [0.3, 0.4) is 0 Å².